The fourth-order valence-electron chi connectivity index (χ4n) is 1.74. The van der Waals surface area contributed by atoms with Crippen molar-refractivity contribution in [3.05, 3.63) is 0 Å². The molecule has 0 amide bonds. The van der Waals surface area contributed by atoms with Crippen molar-refractivity contribution < 1.29 is 24.3 Å². The summed E-state index contributed by atoms with van der Waals surface area (Å²) in [5.74, 6) is -2.20. The van der Waals surface area contributed by atoms with E-state index in [9.17, 15) is 9.59 Å². The summed E-state index contributed by atoms with van der Waals surface area (Å²) in [6, 6.07) is -1.06. The Balaban J connectivity index is 0. The summed E-state index contributed by atoms with van der Waals surface area (Å²) in [5.41, 5.74) is 5.00. The molecule has 114 valence electrons. The smallest absolute Gasteiger partial charge is 0.320 e. The Morgan fingerprint density at radius 1 is 1.00 bits per heavy atom. The SMILES string of the molecule is CC[N+](CC)(CC)CC.N[C@@H](CCC(=O)O)C(=O)O. The minimum absolute atomic E-state index is 0.0231. The molecule has 0 aliphatic heterocycles. The zero-order chi connectivity index (χ0) is 15.5. The quantitative estimate of drug-likeness (QED) is 0.578. The Labute approximate surface area is 115 Å². The number of hydrogen-bond donors (Lipinski definition) is 3. The Kier molecular flexibility index (Phi) is 11.4. The van der Waals surface area contributed by atoms with Gasteiger partial charge in [0.2, 0.25) is 0 Å². The van der Waals surface area contributed by atoms with Gasteiger partial charge in [-0.25, -0.2) is 0 Å². The predicted molar refractivity (Wildman–Crippen MR) is 74.9 cm³/mol. The number of quaternary nitrogens is 1. The molecule has 0 bridgehead atoms. The standard InChI is InChI=1S/C8H20N.C5H9NO4/c1-5-9(6-2,7-3)8-4;6-3(5(9)10)1-2-4(7)8/h5-8H2,1-4H3;3H,1-2,6H2,(H,7,8)(H,9,10)/q+1;/t;3-/m.0/s1. The molecule has 0 aromatic rings. The molecule has 6 heteroatoms. The molecule has 0 saturated heterocycles. The van der Waals surface area contributed by atoms with Crippen LogP contribution in [0.25, 0.3) is 0 Å². The molecule has 1 atom stereocenters. The first-order chi connectivity index (χ1) is 8.78. The molecule has 0 radical (unpaired) electrons. The molecule has 0 aromatic heterocycles. The molecule has 0 rings (SSSR count). The molecule has 4 N–H and O–H groups in total. The van der Waals surface area contributed by atoms with Crippen LogP contribution in [0.5, 0.6) is 0 Å². The Bertz CT molecular complexity index is 248. The third-order valence-electron chi connectivity index (χ3n) is 3.67. The molecule has 0 aliphatic rings. The van der Waals surface area contributed by atoms with Crippen molar-refractivity contribution >= 4 is 11.9 Å². The highest BCUT2D eigenvalue weighted by atomic mass is 16.4. The average molecular weight is 277 g/mol. The maximum absolute atomic E-state index is 9.99. The molecular formula is C13H29N2O4+. The zero-order valence-electron chi connectivity index (χ0n) is 12.6. The fourth-order valence-corrected chi connectivity index (χ4v) is 1.74. The lowest BCUT2D eigenvalue weighted by Crippen LogP contribution is -2.47. The van der Waals surface area contributed by atoms with Gasteiger partial charge in [-0.3, -0.25) is 9.59 Å². The molecule has 0 unspecified atom stereocenters. The van der Waals surface area contributed by atoms with E-state index >= 15 is 0 Å². The van der Waals surface area contributed by atoms with Gasteiger partial charge in [-0.1, -0.05) is 0 Å². The Hall–Kier alpha value is -1.14. The number of nitrogens with zero attached hydrogens (tertiary/aromatic N) is 1. The van der Waals surface area contributed by atoms with Crippen molar-refractivity contribution in [1.82, 2.24) is 0 Å². The van der Waals surface area contributed by atoms with Gasteiger partial charge in [0.15, 0.2) is 0 Å². The minimum Gasteiger partial charge on any atom is -0.481 e. The van der Waals surface area contributed by atoms with Gasteiger partial charge in [0.1, 0.15) is 6.04 Å². The van der Waals surface area contributed by atoms with Gasteiger partial charge in [-0.05, 0) is 34.1 Å². The van der Waals surface area contributed by atoms with Gasteiger partial charge in [0.25, 0.3) is 0 Å². The van der Waals surface area contributed by atoms with Gasteiger partial charge < -0.3 is 20.4 Å². The lowest BCUT2D eigenvalue weighted by molar-refractivity contribution is -0.921. The number of hydrogen-bond acceptors (Lipinski definition) is 3. The molecule has 0 heterocycles. The van der Waals surface area contributed by atoms with Crippen molar-refractivity contribution in [2.45, 2.75) is 46.6 Å². The van der Waals surface area contributed by atoms with Crippen LogP contribution in [0.15, 0.2) is 0 Å². The van der Waals surface area contributed by atoms with Crippen LogP contribution in [0.1, 0.15) is 40.5 Å². The number of aliphatic carboxylic acids is 2. The summed E-state index contributed by atoms with van der Waals surface area (Å²) < 4.78 is 1.28. The summed E-state index contributed by atoms with van der Waals surface area (Å²) in [6.07, 6.45) is -0.224. The van der Waals surface area contributed by atoms with E-state index in [-0.39, 0.29) is 12.8 Å². The second-order valence-electron chi connectivity index (χ2n) is 4.48. The molecule has 0 fully saturated rings. The molecule has 0 aromatic carbocycles. The van der Waals surface area contributed by atoms with Crippen molar-refractivity contribution in [1.29, 1.82) is 0 Å². The second kappa shape index (κ2) is 10.8. The summed E-state index contributed by atoms with van der Waals surface area (Å²) >= 11 is 0. The van der Waals surface area contributed by atoms with Crippen LogP contribution < -0.4 is 5.73 Å². The number of nitrogens with two attached hydrogens (primary N) is 1. The van der Waals surface area contributed by atoms with Gasteiger partial charge >= 0.3 is 11.9 Å². The summed E-state index contributed by atoms with van der Waals surface area (Å²) in [4.78, 5) is 19.9. The molecular weight excluding hydrogens is 248 g/mol. The molecule has 6 nitrogen and oxygen atoms in total. The molecule has 0 aliphatic carbocycles. The van der Waals surface area contributed by atoms with Crippen molar-refractivity contribution in [2.75, 3.05) is 26.2 Å². The summed E-state index contributed by atoms with van der Waals surface area (Å²) in [5, 5.41) is 16.3. The van der Waals surface area contributed by atoms with Crippen LogP contribution in [0.4, 0.5) is 0 Å². The predicted octanol–water partition coefficient (Wildman–Crippen LogP) is 1.15. The van der Waals surface area contributed by atoms with E-state index in [0.29, 0.717) is 0 Å². The van der Waals surface area contributed by atoms with Crippen LogP contribution in [0.3, 0.4) is 0 Å². The van der Waals surface area contributed by atoms with Gasteiger partial charge in [0, 0.05) is 6.42 Å². The Morgan fingerprint density at radius 2 is 1.37 bits per heavy atom. The monoisotopic (exact) mass is 277 g/mol. The maximum Gasteiger partial charge on any atom is 0.320 e. The van der Waals surface area contributed by atoms with E-state index in [4.69, 9.17) is 15.9 Å². The number of rotatable bonds is 8. The first-order valence-corrected chi connectivity index (χ1v) is 6.83. The third-order valence-corrected chi connectivity index (χ3v) is 3.67. The normalized spacial score (nSPS) is 12.3. The highest BCUT2D eigenvalue weighted by Gasteiger charge is 2.16. The molecule has 0 spiro atoms. The van der Waals surface area contributed by atoms with Crippen LogP contribution in [0, 0.1) is 0 Å². The third kappa shape index (κ3) is 9.44. The number of carboxylic acids is 2. The zero-order valence-corrected chi connectivity index (χ0v) is 12.6. The first kappa shape index (κ1) is 20.2. The van der Waals surface area contributed by atoms with E-state index in [1.807, 2.05) is 0 Å². The van der Waals surface area contributed by atoms with E-state index in [0.717, 1.165) is 0 Å². The van der Waals surface area contributed by atoms with Gasteiger partial charge in [0.05, 0.1) is 26.2 Å². The number of carboxylic acid groups (broad SMARTS) is 2. The lowest BCUT2D eigenvalue weighted by atomic mass is 10.2. The topological polar surface area (TPSA) is 101 Å². The van der Waals surface area contributed by atoms with E-state index in [1.54, 1.807) is 0 Å². The lowest BCUT2D eigenvalue weighted by Gasteiger charge is -2.34. The highest BCUT2D eigenvalue weighted by molar-refractivity contribution is 5.74. The average Bonchev–Trinajstić information content (AvgIpc) is 2.40. The van der Waals surface area contributed by atoms with Gasteiger partial charge in [-0.15, -0.1) is 0 Å². The van der Waals surface area contributed by atoms with Crippen molar-refractivity contribution in [3.8, 4) is 0 Å². The fraction of sp³-hybridized carbons (Fsp3) is 0.846. The number of carbonyl (C=O) groups is 2. The minimum atomic E-state index is -1.17. The largest absolute Gasteiger partial charge is 0.481 e. The van der Waals surface area contributed by atoms with Crippen molar-refractivity contribution in [2.24, 2.45) is 5.73 Å². The van der Waals surface area contributed by atoms with Crippen LogP contribution >= 0.6 is 0 Å². The second-order valence-corrected chi connectivity index (χ2v) is 4.48. The Morgan fingerprint density at radius 3 is 1.53 bits per heavy atom. The first-order valence-electron chi connectivity index (χ1n) is 6.83. The van der Waals surface area contributed by atoms with Crippen LogP contribution in [-0.4, -0.2) is 58.9 Å². The van der Waals surface area contributed by atoms with E-state index in [2.05, 4.69) is 27.7 Å². The van der Waals surface area contributed by atoms with Gasteiger partial charge in [-0.2, -0.15) is 0 Å². The maximum atomic E-state index is 9.99. The van der Waals surface area contributed by atoms with Crippen LogP contribution in [0.2, 0.25) is 0 Å². The summed E-state index contributed by atoms with van der Waals surface area (Å²) in [7, 11) is 0. The molecule has 0 saturated carbocycles. The summed E-state index contributed by atoms with van der Waals surface area (Å²) in [6.45, 7) is 14.2. The highest BCUT2D eigenvalue weighted by Crippen LogP contribution is 2.03. The van der Waals surface area contributed by atoms with Crippen LogP contribution in [-0.2, 0) is 9.59 Å². The van der Waals surface area contributed by atoms with E-state index < -0.39 is 18.0 Å². The van der Waals surface area contributed by atoms with E-state index in [1.165, 1.54) is 30.7 Å². The van der Waals surface area contributed by atoms with Crippen molar-refractivity contribution in [3.63, 3.8) is 0 Å². The molecule has 19 heavy (non-hydrogen) atoms.